The molecule has 0 aromatic heterocycles. The van der Waals surface area contributed by atoms with Gasteiger partial charge in [-0.05, 0) is 207 Å². The van der Waals surface area contributed by atoms with Crippen LogP contribution >= 0.6 is 0 Å². The predicted octanol–water partition coefficient (Wildman–Crippen LogP) is 19.4. The van der Waals surface area contributed by atoms with Gasteiger partial charge in [0.15, 0.2) is 16.8 Å². The highest BCUT2D eigenvalue weighted by molar-refractivity contribution is 5.94. The fourth-order valence-electron chi connectivity index (χ4n) is 7.32. The van der Waals surface area contributed by atoms with Crippen LogP contribution in [0.4, 0.5) is 84.7 Å². The third-order valence-electron chi connectivity index (χ3n) is 18.1. The van der Waals surface area contributed by atoms with E-state index in [0.717, 1.165) is 19.3 Å². The predicted molar refractivity (Wildman–Crippen MR) is 354 cm³/mol. The third kappa shape index (κ3) is 26.7. The first kappa shape index (κ1) is 102. The molecule has 105 heavy (non-hydrogen) atoms. The molecule has 1 amide bonds. The van der Waals surface area contributed by atoms with Crippen molar-refractivity contribution in [3.63, 3.8) is 0 Å². The van der Waals surface area contributed by atoms with E-state index in [1.54, 1.807) is 48.5 Å². The maximum atomic E-state index is 12.8. The number of hydrogen-bond donors (Lipinski definition) is 7. The van der Waals surface area contributed by atoms with E-state index in [2.05, 4.69) is 40.3 Å². The molecule has 34 heteroatoms. The van der Waals surface area contributed by atoms with E-state index in [4.69, 9.17) is 20.1 Å². The maximum absolute atomic E-state index is 12.8. The maximum Gasteiger partial charge on any atom is 0.430 e. The summed E-state index contributed by atoms with van der Waals surface area (Å²) < 4.78 is 248. The van der Waals surface area contributed by atoms with Gasteiger partial charge in [-0.1, -0.05) is 81.4 Å². The molecule has 0 saturated heterocycles. The minimum Gasteiger partial charge on any atom is -0.508 e. The quantitative estimate of drug-likeness (QED) is 0.0183. The second-order valence-corrected chi connectivity index (χ2v) is 29.7. The van der Waals surface area contributed by atoms with Crippen molar-refractivity contribution in [3.05, 3.63) is 78.4 Å². The molecular formula is C71H103F18NO15. The summed E-state index contributed by atoms with van der Waals surface area (Å²) in [4.78, 5) is 58.7. The molecule has 16 nitrogen and oxygen atoms in total. The van der Waals surface area contributed by atoms with E-state index in [9.17, 15) is 118 Å². The van der Waals surface area contributed by atoms with Crippen molar-refractivity contribution in [1.82, 2.24) is 0 Å². The Morgan fingerprint density at radius 1 is 0.314 bits per heavy atom. The zero-order valence-electron chi connectivity index (χ0n) is 63.3. The third-order valence-corrected chi connectivity index (χ3v) is 18.1. The van der Waals surface area contributed by atoms with Gasteiger partial charge in [0.25, 0.3) is 16.8 Å². The smallest absolute Gasteiger partial charge is 0.430 e. The van der Waals surface area contributed by atoms with Gasteiger partial charge in [-0.3, -0.25) is 24.0 Å². The average molecular weight is 1550 g/mol. The fourth-order valence-corrected chi connectivity index (χ4v) is 7.32. The number of hydrogen-bond acceptors (Lipinski definition) is 15. The van der Waals surface area contributed by atoms with Gasteiger partial charge < -0.3 is 54.9 Å². The molecule has 3 aromatic carbocycles. The van der Waals surface area contributed by atoms with E-state index >= 15 is 0 Å². The highest BCUT2D eigenvalue weighted by Crippen LogP contribution is 2.54. The monoisotopic (exact) mass is 1550 g/mol. The van der Waals surface area contributed by atoms with Crippen LogP contribution in [0, 0.1) is 27.1 Å². The summed E-state index contributed by atoms with van der Waals surface area (Å²) in [5, 5.41) is 57.9. The van der Waals surface area contributed by atoms with Crippen LogP contribution in [0.15, 0.2) is 72.8 Å². The van der Waals surface area contributed by atoms with Crippen molar-refractivity contribution in [3.8, 4) is 23.0 Å². The SMILES string of the molecule is CCC(C)(C)C(=O)Nc1ccc(O)cc1.CCC(C)(C)C(=O)OC(C)(C)C(O)(C(F)(F)F)C(F)(F)F.CCC(C)(C)C(=O)OC(C)(C)C(O)(C(F)(F)F)C(F)(F)F.CCC(C)(C)C(=O)OC(C)(C)C(O)(C(F)(F)F)C(F)(F)F.CCC(C)(C)C(=O)Oc1ccc(O)cc1.CCC(C)(C)c1ccc(O)cc1. The Hall–Kier alpha value is -6.97. The lowest BCUT2D eigenvalue weighted by Crippen LogP contribution is -2.70. The minimum atomic E-state index is -6.06. The standard InChI is InChI=1S/3C12H18F6O3.C12H17NO2.C12H16O3.C11H16O/c3*1-6-8(2,3)7(19)21-9(4,5)10(20,11(13,14)15)12(16,17)18;1-4-12(2,3)11(15)13-9-5-7-10(14)8-6-9;1-4-12(2,3)11(14)15-10-7-5-9(13)6-8-10;1-4-11(2,3)9-5-7-10(12)8-6-9/h3*20H,6H2,1-5H3;5-8,14H,4H2,1-3H3,(H,13,15);5-8,13H,4H2,1-3H3;5-8,12H,4H2,1-3H3. The molecule has 3 rings (SSSR count). The number of anilines is 1. The zero-order chi connectivity index (χ0) is 84.6. The van der Waals surface area contributed by atoms with Crippen LogP contribution < -0.4 is 10.1 Å². The first-order chi connectivity index (χ1) is 46.3. The van der Waals surface area contributed by atoms with Crippen LogP contribution in [0.3, 0.4) is 0 Å². The molecule has 0 heterocycles. The number of rotatable bonds is 20. The topological polar surface area (TPSA) is 256 Å². The number of nitrogens with one attached hydrogen (secondary N) is 1. The van der Waals surface area contributed by atoms with Gasteiger partial charge >= 0.3 is 60.9 Å². The molecule has 0 unspecified atom stereocenters. The number of amides is 1. The van der Waals surface area contributed by atoms with E-state index in [1.807, 2.05) is 53.7 Å². The number of aromatic hydroxyl groups is 3. The van der Waals surface area contributed by atoms with Crippen molar-refractivity contribution in [2.45, 2.75) is 281 Å². The highest BCUT2D eigenvalue weighted by Gasteiger charge is 2.81. The van der Waals surface area contributed by atoms with Crippen LogP contribution in [0.2, 0.25) is 0 Å². The Kier molecular flexibility index (Phi) is 35.3. The van der Waals surface area contributed by atoms with Crippen LogP contribution in [0.1, 0.15) is 210 Å². The number of esters is 4. The molecule has 0 fully saturated rings. The Labute approximate surface area is 600 Å². The number of alkyl halides is 18. The van der Waals surface area contributed by atoms with Crippen LogP contribution in [0.5, 0.6) is 23.0 Å². The molecular weight excluding hydrogens is 1450 g/mol. The fraction of sp³-hybridized carbons (Fsp3) is 0.676. The van der Waals surface area contributed by atoms with Crippen LogP contribution in [0.25, 0.3) is 0 Å². The van der Waals surface area contributed by atoms with Crippen molar-refractivity contribution < 1.29 is 153 Å². The van der Waals surface area contributed by atoms with E-state index in [-0.39, 0.29) is 53.5 Å². The number of ether oxygens (including phenoxy) is 4. The molecule has 0 spiro atoms. The second kappa shape index (κ2) is 36.3. The Bertz CT molecular complexity index is 2940. The van der Waals surface area contributed by atoms with Crippen molar-refractivity contribution >= 4 is 35.5 Å². The highest BCUT2D eigenvalue weighted by atomic mass is 19.4. The van der Waals surface area contributed by atoms with Gasteiger partial charge in [0, 0.05) is 11.1 Å². The summed E-state index contributed by atoms with van der Waals surface area (Å²) in [5.74, 6) is -2.89. The first-order valence-electron chi connectivity index (χ1n) is 32.5. The number of carbonyl (C=O) groups excluding carboxylic acids is 5. The summed E-state index contributed by atoms with van der Waals surface area (Å²) >= 11 is 0. The molecule has 7 N–H and O–H groups in total. The lowest BCUT2D eigenvalue weighted by molar-refractivity contribution is -0.408. The summed E-state index contributed by atoms with van der Waals surface area (Å²) in [6, 6.07) is 20.0. The normalized spacial score (nSPS) is 13.5. The molecule has 0 bridgehead atoms. The summed E-state index contributed by atoms with van der Waals surface area (Å²) in [6.45, 7) is 32.7. The molecule has 0 atom stereocenters. The van der Waals surface area contributed by atoms with Gasteiger partial charge in [-0.2, -0.15) is 79.0 Å². The molecule has 0 aliphatic heterocycles. The van der Waals surface area contributed by atoms with Gasteiger partial charge in [0.1, 0.15) is 23.0 Å². The average Bonchev–Trinajstić information content (AvgIpc) is 0.743. The lowest BCUT2D eigenvalue weighted by Gasteiger charge is -2.44. The largest absolute Gasteiger partial charge is 0.508 e. The molecule has 608 valence electrons. The Balaban J connectivity index is -0.00000120. The molecule has 0 saturated carbocycles. The van der Waals surface area contributed by atoms with Crippen molar-refractivity contribution in [2.24, 2.45) is 27.1 Å². The van der Waals surface area contributed by atoms with Crippen LogP contribution in [-0.4, -0.2) is 131 Å². The molecule has 0 aliphatic carbocycles. The van der Waals surface area contributed by atoms with Gasteiger partial charge in [0.05, 0.1) is 21.7 Å². The number of phenols is 3. The van der Waals surface area contributed by atoms with Gasteiger partial charge in [0.2, 0.25) is 5.91 Å². The number of aliphatic hydroxyl groups is 3. The van der Waals surface area contributed by atoms with E-state index in [0.29, 0.717) is 58.7 Å². The number of carbonyl (C=O) groups is 5. The van der Waals surface area contributed by atoms with Crippen molar-refractivity contribution in [2.75, 3.05) is 5.32 Å². The minimum absolute atomic E-state index is 0.00399. The number of benzene rings is 3. The first-order valence-corrected chi connectivity index (χ1v) is 32.5. The summed E-state index contributed by atoms with van der Waals surface area (Å²) in [7, 11) is 0. The number of phenolic OH excluding ortho intramolecular Hbond substituents is 3. The molecule has 0 aliphatic rings. The van der Waals surface area contributed by atoms with E-state index < -0.39 is 110 Å². The summed E-state index contributed by atoms with van der Waals surface area (Å²) in [6.07, 6.45) is -33.3. The molecule has 0 radical (unpaired) electrons. The van der Waals surface area contributed by atoms with Gasteiger partial charge in [-0.15, -0.1) is 0 Å². The van der Waals surface area contributed by atoms with E-state index in [1.165, 1.54) is 80.0 Å². The number of halogens is 18. The summed E-state index contributed by atoms with van der Waals surface area (Å²) in [5.41, 5.74) is -27.7. The van der Waals surface area contributed by atoms with Gasteiger partial charge in [-0.25, -0.2) is 0 Å². The van der Waals surface area contributed by atoms with Crippen LogP contribution in [-0.2, 0) is 43.6 Å². The zero-order valence-corrected chi connectivity index (χ0v) is 63.3. The lowest BCUT2D eigenvalue weighted by atomic mass is 9.82. The Morgan fingerprint density at radius 3 is 0.733 bits per heavy atom. The molecule has 3 aromatic rings. The Morgan fingerprint density at radius 2 is 0.524 bits per heavy atom. The second-order valence-electron chi connectivity index (χ2n) is 29.7. The van der Waals surface area contributed by atoms with Crippen molar-refractivity contribution in [1.29, 1.82) is 0 Å².